The quantitative estimate of drug-likeness (QED) is 0.673. The van der Waals surface area contributed by atoms with Gasteiger partial charge >= 0.3 is 0 Å². The third-order valence-electron chi connectivity index (χ3n) is 4.90. The Morgan fingerprint density at radius 1 is 1.13 bits per heavy atom. The lowest BCUT2D eigenvalue weighted by Gasteiger charge is -2.48. The van der Waals surface area contributed by atoms with E-state index in [4.69, 9.17) is 4.74 Å². The van der Waals surface area contributed by atoms with Crippen LogP contribution in [0.15, 0.2) is 0 Å². The Labute approximate surface area is 153 Å². The summed E-state index contributed by atoms with van der Waals surface area (Å²) in [5, 5.41) is 6.27. The maximum absolute atomic E-state index is 12.0. The Morgan fingerprint density at radius 2 is 1.78 bits per heavy atom. The summed E-state index contributed by atoms with van der Waals surface area (Å²) in [6.45, 7) is 5.69. The fraction of sp³-hybridized carbons (Fsp3) is 0.938. The van der Waals surface area contributed by atoms with Crippen molar-refractivity contribution in [1.29, 1.82) is 0 Å². The zero-order valence-electron chi connectivity index (χ0n) is 14.3. The van der Waals surface area contributed by atoms with Gasteiger partial charge in [0.25, 0.3) is 0 Å². The number of hydrogen-bond acceptors (Lipinski definition) is 4. The molecule has 5 nitrogen and oxygen atoms in total. The Kier molecular flexibility index (Phi) is 12.3. The van der Waals surface area contributed by atoms with Crippen molar-refractivity contribution >= 4 is 30.7 Å². The second kappa shape index (κ2) is 12.3. The number of carbonyl (C=O) groups excluding carboxylic acids is 1. The SMILES string of the molecule is CNCCCC(=O)NCC1(N2CCCCC2)CCOCC1.Cl.Cl. The van der Waals surface area contributed by atoms with Crippen molar-refractivity contribution in [2.45, 2.75) is 50.5 Å². The van der Waals surface area contributed by atoms with Crippen molar-refractivity contribution < 1.29 is 9.53 Å². The zero-order valence-corrected chi connectivity index (χ0v) is 15.9. The van der Waals surface area contributed by atoms with E-state index in [0.717, 1.165) is 45.6 Å². The molecule has 2 N–H and O–H groups in total. The molecule has 0 aromatic carbocycles. The minimum absolute atomic E-state index is 0. The van der Waals surface area contributed by atoms with Crippen LogP contribution in [0.5, 0.6) is 0 Å². The van der Waals surface area contributed by atoms with E-state index in [9.17, 15) is 4.79 Å². The topological polar surface area (TPSA) is 53.6 Å². The maximum Gasteiger partial charge on any atom is 0.220 e. The number of ether oxygens (including phenoxy) is 1. The van der Waals surface area contributed by atoms with Crippen molar-refractivity contribution in [2.24, 2.45) is 0 Å². The molecule has 2 aliphatic rings. The molecule has 0 atom stereocenters. The van der Waals surface area contributed by atoms with Crippen LogP contribution in [0.25, 0.3) is 0 Å². The zero-order chi connectivity index (χ0) is 15.0. The van der Waals surface area contributed by atoms with Crippen LogP contribution in [0.1, 0.15) is 44.9 Å². The van der Waals surface area contributed by atoms with Gasteiger partial charge in [-0.05, 0) is 58.8 Å². The summed E-state index contributed by atoms with van der Waals surface area (Å²) in [6, 6.07) is 0. The first-order chi connectivity index (χ1) is 10.3. The van der Waals surface area contributed by atoms with Crippen molar-refractivity contribution in [1.82, 2.24) is 15.5 Å². The highest BCUT2D eigenvalue weighted by molar-refractivity contribution is 5.85. The van der Waals surface area contributed by atoms with Gasteiger partial charge in [0.2, 0.25) is 5.91 Å². The minimum Gasteiger partial charge on any atom is -0.381 e. The van der Waals surface area contributed by atoms with Gasteiger partial charge in [-0.3, -0.25) is 9.69 Å². The summed E-state index contributed by atoms with van der Waals surface area (Å²) in [6.07, 6.45) is 7.54. The lowest BCUT2D eigenvalue weighted by molar-refractivity contribution is -0.122. The normalized spacial score (nSPS) is 20.9. The molecule has 2 saturated heterocycles. The molecule has 0 aromatic heterocycles. The van der Waals surface area contributed by atoms with Gasteiger partial charge in [0, 0.05) is 31.7 Å². The van der Waals surface area contributed by atoms with Gasteiger partial charge in [0.15, 0.2) is 0 Å². The Morgan fingerprint density at radius 3 is 2.39 bits per heavy atom. The van der Waals surface area contributed by atoms with Crippen LogP contribution >= 0.6 is 24.8 Å². The molecule has 0 bridgehead atoms. The molecule has 2 aliphatic heterocycles. The Balaban J connectivity index is 0.00000242. The first-order valence-electron chi connectivity index (χ1n) is 8.51. The third kappa shape index (κ3) is 7.14. The average molecular weight is 370 g/mol. The van der Waals surface area contributed by atoms with Crippen LogP contribution in [0, 0.1) is 0 Å². The van der Waals surface area contributed by atoms with Crippen LogP contribution in [0.3, 0.4) is 0 Å². The highest BCUT2D eigenvalue weighted by Gasteiger charge is 2.38. The summed E-state index contributed by atoms with van der Waals surface area (Å²) < 4.78 is 5.55. The minimum atomic E-state index is 0. The van der Waals surface area contributed by atoms with Gasteiger partial charge in [-0.25, -0.2) is 0 Å². The summed E-state index contributed by atoms with van der Waals surface area (Å²) in [5.74, 6) is 0.188. The molecule has 2 fully saturated rings. The third-order valence-corrected chi connectivity index (χ3v) is 4.90. The van der Waals surface area contributed by atoms with Gasteiger partial charge < -0.3 is 15.4 Å². The van der Waals surface area contributed by atoms with Crippen molar-refractivity contribution in [3.63, 3.8) is 0 Å². The molecule has 1 amide bonds. The summed E-state index contributed by atoms with van der Waals surface area (Å²) in [4.78, 5) is 14.6. The fourth-order valence-electron chi connectivity index (χ4n) is 3.50. The summed E-state index contributed by atoms with van der Waals surface area (Å²) >= 11 is 0. The van der Waals surface area contributed by atoms with E-state index < -0.39 is 0 Å². The van der Waals surface area contributed by atoms with Gasteiger partial charge in [0.05, 0.1) is 0 Å². The van der Waals surface area contributed by atoms with E-state index in [-0.39, 0.29) is 36.3 Å². The smallest absolute Gasteiger partial charge is 0.220 e. The van der Waals surface area contributed by atoms with Crippen LogP contribution in [-0.4, -0.2) is 62.8 Å². The highest BCUT2D eigenvalue weighted by atomic mass is 35.5. The summed E-state index contributed by atoms with van der Waals surface area (Å²) in [5.41, 5.74) is 0.136. The number of carbonyl (C=O) groups is 1. The molecule has 138 valence electrons. The molecular weight excluding hydrogens is 337 g/mol. The lowest BCUT2D eigenvalue weighted by Crippen LogP contribution is -2.59. The van der Waals surface area contributed by atoms with Crippen LogP contribution in [-0.2, 0) is 9.53 Å². The number of likely N-dealkylation sites (tertiary alicyclic amines) is 1. The second-order valence-electron chi connectivity index (χ2n) is 6.37. The number of nitrogens with zero attached hydrogens (tertiary/aromatic N) is 1. The number of halogens is 2. The van der Waals surface area contributed by atoms with Gasteiger partial charge in [-0.1, -0.05) is 6.42 Å². The maximum atomic E-state index is 12.0. The van der Waals surface area contributed by atoms with Crippen LogP contribution in [0.4, 0.5) is 0 Å². The Hall–Kier alpha value is -0.0700. The van der Waals surface area contributed by atoms with Crippen molar-refractivity contribution in [3.8, 4) is 0 Å². The predicted molar refractivity (Wildman–Crippen MR) is 98.9 cm³/mol. The molecular formula is C16H33Cl2N3O2. The summed E-state index contributed by atoms with van der Waals surface area (Å²) in [7, 11) is 1.92. The van der Waals surface area contributed by atoms with E-state index in [1.165, 1.54) is 32.4 Å². The van der Waals surface area contributed by atoms with E-state index >= 15 is 0 Å². The number of nitrogens with one attached hydrogen (secondary N) is 2. The molecule has 0 spiro atoms. The first kappa shape index (κ1) is 22.9. The lowest BCUT2D eigenvalue weighted by atomic mass is 9.86. The predicted octanol–water partition coefficient (Wildman–Crippen LogP) is 1.98. The highest BCUT2D eigenvalue weighted by Crippen LogP contribution is 2.30. The van der Waals surface area contributed by atoms with Crippen LogP contribution in [0.2, 0.25) is 0 Å². The molecule has 0 aliphatic carbocycles. The van der Waals surface area contributed by atoms with Gasteiger partial charge in [0.1, 0.15) is 0 Å². The fourth-order valence-corrected chi connectivity index (χ4v) is 3.50. The number of amides is 1. The molecule has 2 heterocycles. The van der Waals surface area contributed by atoms with E-state index in [1.54, 1.807) is 0 Å². The number of rotatable bonds is 7. The molecule has 0 saturated carbocycles. The second-order valence-corrected chi connectivity index (χ2v) is 6.37. The van der Waals surface area contributed by atoms with Crippen LogP contribution < -0.4 is 10.6 Å². The molecule has 0 radical (unpaired) electrons. The first-order valence-corrected chi connectivity index (χ1v) is 8.51. The molecule has 0 aromatic rings. The van der Waals surface area contributed by atoms with E-state index in [2.05, 4.69) is 15.5 Å². The monoisotopic (exact) mass is 369 g/mol. The number of piperidine rings is 1. The van der Waals surface area contributed by atoms with Crippen molar-refractivity contribution in [2.75, 3.05) is 46.4 Å². The van der Waals surface area contributed by atoms with Gasteiger partial charge in [-0.2, -0.15) is 0 Å². The standard InChI is InChI=1S/C16H31N3O2.2ClH/c1-17-9-5-6-15(20)18-14-16(7-12-21-13-8-16)19-10-3-2-4-11-19;;/h17H,2-14H2,1H3,(H,18,20);2*1H. The van der Waals surface area contributed by atoms with Crippen molar-refractivity contribution in [3.05, 3.63) is 0 Å². The molecule has 0 unspecified atom stereocenters. The van der Waals surface area contributed by atoms with E-state index in [0.29, 0.717) is 6.42 Å². The van der Waals surface area contributed by atoms with E-state index in [1.807, 2.05) is 7.05 Å². The molecule has 23 heavy (non-hydrogen) atoms. The molecule has 7 heteroatoms. The molecule has 2 rings (SSSR count). The average Bonchev–Trinajstić information content (AvgIpc) is 2.55. The Bertz CT molecular complexity index is 320. The largest absolute Gasteiger partial charge is 0.381 e. The number of hydrogen-bond donors (Lipinski definition) is 2. The van der Waals surface area contributed by atoms with Gasteiger partial charge in [-0.15, -0.1) is 24.8 Å².